The summed E-state index contributed by atoms with van der Waals surface area (Å²) in [5.74, 6) is -0.0470. The van der Waals surface area contributed by atoms with E-state index in [-0.39, 0.29) is 5.91 Å². The van der Waals surface area contributed by atoms with E-state index in [4.69, 9.17) is 4.74 Å². The van der Waals surface area contributed by atoms with Crippen LogP contribution in [0.25, 0.3) is 0 Å². The van der Waals surface area contributed by atoms with Crippen molar-refractivity contribution in [1.29, 1.82) is 0 Å². The number of hydrogen-bond donors (Lipinski definition) is 2. The smallest absolute Gasteiger partial charge is 0.221 e. The monoisotopic (exact) mass is 249 g/mol. The summed E-state index contributed by atoms with van der Waals surface area (Å²) in [6.07, 6.45) is 0. The van der Waals surface area contributed by atoms with Gasteiger partial charge in [0.15, 0.2) is 0 Å². The maximum Gasteiger partial charge on any atom is 0.221 e. The van der Waals surface area contributed by atoms with Gasteiger partial charge in [-0.3, -0.25) is 10.2 Å². The molecule has 1 aliphatic rings. The lowest BCUT2D eigenvalue weighted by atomic mass is 10.2. The Morgan fingerprint density at radius 3 is 2.56 bits per heavy atom. The van der Waals surface area contributed by atoms with Gasteiger partial charge in [-0.1, -0.05) is 12.1 Å². The van der Waals surface area contributed by atoms with Crippen LogP contribution in [0.4, 0.5) is 5.69 Å². The Morgan fingerprint density at radius 2 is 1.94 bits per heavy atom. The van der Waals surface area contributed by atoms with Gasteiger partial charge < -0.3 is 10.1 Å². The highest BCUT2D eigenvalue weighted by molar-refractivity contribution is 5.88. The van der Waals surface area contributed by atoms with E-state index >= 15 is 0 Å². The predicted octanol–water partition coefficient (Wildman–Crippen LogP) is 0.982. The van der Waals surface area contributed by atoms with Crippen LogP contribution in [-0.2, 0) is 16.1 Å². The van der Waals surface area contributed by atoms with E-state index in [1.165, 1.54) is 12.5 Å². The lowest BCUT2D eigenvalue weighted by Gasteiger charge is -2.27. The van der Waals surface area contributed by atoms with Crippen molar-refractivity contribution in [3.8, 4) is 0 Å². The molecule has 2 N–H and O–H groups in total. The maximum atomic E-state index is 10.9. The lowest BCUT2D eigenvalue weighted by molar-refractivity contribution is -0.114. The fourth-order valence-corrected chi connectivity index (χ4v) is 1.83. The van der Waals surface area contributed by atoms with Crippen molar-refractivity contribution >= 4 is 11.6 Å². The third-order valence-electron chi connectivity index (χ3n) is 2.79. The molecule has 18 heavy (non-hydrogen) atoms. The van der Waals surface area contributed by atoms with Gasteiger partial charge in [-0.2, -0.15) is 0 Å². The Morgan fingerprint density at radius 1 is 1.28 bits per heavy atom. The van der Waals surface area contributed by atoms with Crippen LogP contribution in [-0.4, -0.2) is 37.2 Å². The number of hydrogen-bond acceptors (Lipinski definition) is 4. The number of benzene rings is 1. The van der Waals surface area contributed by atoms with E-state index in [1.807, 2.05) is 24.3 Å². The zero-order valence-corrected chi connectivity index (χ0v) is 10.6. The Labute approximate surface area is 107 Å². The summed E-state index contributed by atoms with van der Waals surface area (Å²) in [6.45, 7) is 5.71. The van der Waals surface area contributed by atoms with Gasteiger partial charge in [0.05, 0.1) is 13.2 Å². The molecule has 1 heterocycles. The van der Waals surface area contributed by atoms with Crippen LogP contribution in [0.2, 0.25) is 0 Å². The zero-order chi connectivity index (χ0) is 12.8. The predicted molar refractivity (Wildman–Crippen MR) is 70.0 cm³/mol. The molecule has 1 amide bonds. The van der Waals surface area contributed by atoms with Crippen molar-refractivity contribution < 1.29 is 9.53 Å². The normalized spacial score (nSPS) is 16.5. The summed E-state index contributed by atoms with van der Waals surface area (Å²) in [5, 5.41) is 4.92. The van der Waals surface area contributed by atoms with Crippen molar-refractivity contribution in [2.24, 2.45) is 0 Å². The highest BCUT2D eigenvalue weighted by Crippen LogP contribution is 2.09. The SMILES string of the molecule is CC(=O)Nc1ccc(CNN2CCOCC2)cc1. The van der Waals surface area contributed by atoms with E-state index < -0.39 is 0 Å². The van der Waals surface area contributed by atoms with Gasteiger partial charge in [0.2, 0.25) is 5.91 Å². The fourth-order valence-electron chi connectivity index (χ4n) is 1.83. The van der Waals surface area contributed by atoms with Crippen LogP contribution in [0.1, 0.15) is 12.5 Å². The minimum Gasteiger partial charge on any atom is -0.379 e. The number of anilines is 1. The lowest BCUT2D eigenvalue weighted by Crippen LogP contribution is -2.45. The van der Waals surface area contributed by atoms with Crippen LogP contribution in [0.3, 0.4) is 0 Å². The first-order chi connectivity index (χ1) is 8.74. The average Bonchev–Trinajstić information content (AvgIpc) is 2.38. The van der Waals surface area contributed by atoms with Gasteiger partial charge in [-0.05, 0) is 17.7 Å². The quantitative estimate of drug-likeness (QED) is 0.835. The van der Waals surface area contributed by atoms with E-state index in [1.54, 1.807) is 0 Å². The summed E-state index contributed by atoms with van der Waals surface area (Å²) in [7, 11) is 0. The molecule has 98 valence electrons. The van der Waals surface area contributed by atoms with Gasteiger partial charge in [-0.15, -0.1) is 0 Å². The van der Waals surface area contributed by atoms with Crippen LogP contribution in [0, 0.1) is 0 Å². The van der Waals surface area contributed by atoms with Crippen LogP contribution >= 0.6 is 0 Å². The molecule has 1 aromatic carbocycles. The van der Waals surface area contributed by atoms with E-state index in [0.29, 0.717) is 0 Å². The van der Waals surface area contributed by atoms with E-state index in [2.05, 4.69) is 15.8 Å². The molecule has 0 spiro atoms. The van der Waals surface area contributed by atoms with E-state index in [9.17, 15) is 4.79 Å². The summed E-state index contributed by atoms with van der Waals surface area (Å²) < 4.78 is 5.28. The molecule has 1 saturated heterocycles. The highest BCUT2D eigenvalue weighted by Gasteiger charge is 2.08. The number of rotatable bonds is 4. The van der Waals surface area contributed by atoms with Gasteiger partial charge in [0, 0.05) is 32.2 Å². The average molecular weight is 249 g/mol. The summed E-state index contributed by atoms with van der Waals surface area (Å²) in [6, 6.07) is 7.85. The minimum atomic E-state index is -0.0470. The molecule has 5 heteroatoms. The Hall–Kier alpha value is -1.43. The Bertz CT molecular complexity index is 386. The number of morpholine rings is 1. The summed E-state index contributed by atoms with van der Waals surface area (Å²) >= 11 is 0. The second-order valence-electron chi connectivity index (χ2n) is 4.31. The molecule has 0 aromatic heterocycles. The third-order valence-corrected chi connectivity index (χ3v) is 2.79. The van der Waals surface area contributed by atoms with Crippen LogP contribution in [0.5, 0.6) is 0 Å². The van der Waals surface area contributed by atoms with Crippen molar-refractivity contribution in [3.05, 3.63) is 29.8 Å². The number of amides is 1. The maximum absolute atomic E-state index is 10.9. The molecule has 1 aromatic rings. The van der Waals surface area contributed by atoms with Gasteiger partial charge in [0.25, 0.3) is 0 Å². The molecular formula is C13H19N3O2. The van der Waals surface area contributed by atoms with E-state index in [0.717, 1.165) is 38.5 Å². The summed E-state index contributed by atoms with van der Waals surface area (Å²) in [4.78, 5) is 10.9. The first-order valence-electron chi connectivity index (χ1n) is 6.17. The molecule has 5 nitrogen and oxygen atoms in total. The van der Waals surface area contributed by atoms with Crippen molar-refractivity contribution in [3.63, 3.8) is 0 Å². The number of nitrogens with zero attached hydrogens (tertiary/aromatic N) is 1. The first kappa shape index (κ1) is 13.0. The second-order valence-corrected chi connectivity index (χ2v) is 4.31. The van der Waals surface area contributed by atoms with Crippen molar-refractivity contribution in [1.82, 2.24) is 10.4 Å². The number of ether oxygens (including phenoxy) is 1. The largest absolute Gasteiger partial charge is 0.379 e. The van der Waals surface area contributed by atoms with Crippen LogP contribution in [0.15, 0.2) is 24.3 Å². The molecular weight excluding hydrogens is 230 g/mol. The van der Waals surface area contributed by atoms with Gasteiger partial charge in [-0.25, -0.2) is 5.01 Å². The number of carbonyl (C=O) groups excluding carboxylic acids is 1. The topological polar surface area (TPSA) is 53.6 Å². The highest BCUT2D eigenvalue weighted by atomic mass is 16.5. The molecule has 1 aliphatic heterocycles. The molecule has 1 fully saturated rings. The number of nitrogens with one attached hydrogen (secondary N) is 2. The fraction of sp³-hybridized carbons (Fsp3) is 0.462. The Balaban J connectivity index is 1.80. The van der Waals surface area contributed by atoms with Gasteiger partial charge >= 0.3 is 0 Å². The zero-order valence-electron chi connectivity index (χ0n) is 10.6. The van der Waals surface area contributed by atoms with Crippen LogP contribution < -0.4 is 10.7 Å². The van der Waals surface area contributed by atoms with Crippen molar-refractivity contribution in [2.75, 3.05) is 31.6 Å². The second kappa shape index (κ2) is 6.49. The third kappa shape index (κ3) is 4.10. The van der Waals surface area contributed by atoms with Crippen molar-refractivity contribution in [2.45, 2.75) is 13.5 Å². The molecule has 0 saturated carbocycles. The minimum absolute atomic E-state index is 0.0470. The first-order valence-corrected chi connectivity index (χ1v) is 6.17. The molecule has 0 aliphatic carbocycles. The standard InChI is InChI=1S/C13H19N3O2/c1-11(17)15-13-4-2-12(3-5-13)10-14-16-6-8-18-9-7-16/h2-5,14H,6-10H2,1H3,(H,15,17). The Kier molecular flexibility index (Phi) is 4.69. The molecule has 2 rings (SSSR count). The summed E-state index contributed by atoms with van der Waals surface area (Å²) in [5.41, 5.74) is 5.39. The van der Waals surface area contributed by atoms with Gasteiger partial charge in [0.1, 0.15) is 0 Å². The number of carbonyl (C=O) groups is 1. The molecule has 0 bridgehead atoms. The molecule has 0 radical (unpaired) electrons. The molecule has 0 atom stereocenters. The number of hydrazine groups is 1. The molecule has 0 unspecified atom stereocenters.